The van der Waals surface area contributed by atoms with E-state index in [1.807, 2.05) is 0 Å². The van der Waals surface area contributed by atoms with E-state index in [1.54, 1.807) is 0 Å². The molecule has 0 rings (SSSR count). The summed E-state index contributed by atoms with van der Waals surface area (Å²) in [5.74, 6) is 0. The Morgan fingerprint density at radius 2 is 0.333 bits per heavy atom. The van der Waals surface area contributed by atoms with Gasteiger partial charge in [0, 0.05) is 20.1 Å². The molecule has 0 spiro atoms. The zero-order valence-electron chi connectivity index (χ0n) is 4.78. The molecule has 0 aliphatic heterocycles. The SMILES string of the molecule is Br.Br.Br.Br.Br.Br.[Ir].[NH4+].[NH4+]. The van der Waals surface area contributed by atoms with E-state index in [-0.39, 0.29) is 134 Å². The molecule has 2 nitrogen and oxygen atoms in total. The number of quaternary nitrogens is 2. The van der Waals surface area contributed by atoms with Crippen molar-refractivity contribution in [2.75, 3.05) is 0 Å². The molecule has 0 aromatic heterocycles. The van der Waals surface area contributed by atoms with Crippen molar-refractivity contribution in [2.24, 2.45) is 0 Å². The van der Waals surface area contributed by atoms with Gasteiger partial charge in [0.1, 0.15) is 0 Å². The zero-order valence-corrected chi connectivity index (χ0v) is 17.5. The van der Waals surface area contributed by atoms with Crippen LogP contribution in [0.3, 0.4) is 0 Å². The molecule has 0 bridgehead atoms. The first-order chi connectivity index (χ1) is 0. The Labute approximate surface area is 132 Å². The fourth-order valence-corrected chi connectivity index (χ4v) is 0. The fourth-order valence-electron chi connectivity index (χ4n) is 0. The van der Waals surface area contributed by atoms with Gasteiger partial charge in [-0.15, -0.1) is 102 Å². The van der Waals surface area contributed by atoms with Crippen molar-refractivity contribution in [3.8, 4) is 0 Å². The molecule has 0 aliphatic rings. The molecule has 9 heavy (non-hydrogen) atoms. The second-order valence-corrected chi connectivity index (χ2v) is 0. The Balaban J connectivity index is 0. The average Bonchev–Trinajstić information content (AvgIpc) is 0. The molecule has 0 aromatic rings. The molecule has 0 aliphatic carbocycles. The summed E-state index contributed by atoms with van der Waals surface area (Å²) < 4.78 is 0. The van der Waals surface area contributed by atoms with E-state index in [0.29, 0.717) is 0 Å². The predicted octanol–water partition coefficient (Wildman–Crippen LogP) is 4.22. The van der Waals surface area contributed by atoms with Gasteiger partial charge in [0.05, 0.1) is 0 Å². The van der Waals surface area contributed by atoms with Crippen LogP contribution < -0.4 is 12.3 Å². The second kappa shape index (κ2) is 105. The maximum absolute atomic E-state index is 0. The Bertz CT molecular complexity index is 11.0. The third-order valence-electron chi connectivity index (χ3n) is 0. The Morgan fingerprint density at radius 1 is 0.333 bits per heavy atom. The normalized spacial score (nSPS) is 0. The van der Waals surface area contributed by atoms with Crippen LogP contribution in [0.5, 0.6) is 0 Å². The number of hydrogen-bond donors (Lipinski definition) is 2. The van der Waals surface area contributed by atoms with Gasteiger partial charge in [-0.1, -0.05) is 0 Å². The van der Waals surface area contributed by atoms with E-state index >= 15 is 0 Å². The molecule has 0 saturated carbocycles. The molecule has 0 amide bonds. The van der Waals surface area contributed by atoms with Crippen molar-refractivity contribution in [1.29, 1.82) is 0 Å². The van der Waals surface area contributed by atoms with Crippen LogP contribution in [0, 0.1) is 0 Å². The molecule has 0 heterocycles. The minimum Gasteiger partial charge on any atom is -0.369 e. The Morgan fingerprint density at radius 3 is 0.333 bits per heavy atom. The van der Waals surface area contributed by atoms with Gasteiger partial charge in [0.15, 0.2) is 0 Å². The van der Waals surface area contributed by atoms with Crippen LogP contribution in [-0.2, 0) is 20.1 Å². The monoisotopic (exact) mass is 709 g/mol. The number of hydrogen-bond acceptors (Lipinski definition) is 0. The standard InChI is InChI=1S/6BrH.Ir.2H3N/h6*1H;;2*1H3/p+2. The molecule has 0 fully saturated rings. The maximum atomic E-state index is 0. The molecule has 73 valence electrons. The molecule has 8 N–H and O–H groups in total. The summed E-state index contributed by atoms with van der Waals surface area (Å²) in [5, 5.41) is 0. The van der Waals surface area contributed by atoms with Crippen LogP contribution in [-0.4, -0.2) is 0 Å². The van der Waals surface area contributed by atoms with Crippen LogP contribution in [0.2, 0.25) is 0 Å². The summed E-state index contributed by atoms with van der Waals surface area (Å²) in [5.41, 5.74) is 0. The predicted molar refractivity (Wildman–Crippen MR) is 73.9 cm³/mol. The maximum Gasteiger partial charge on any atom is 0 e. The molecular formula is H14Br6IrN2+2. The third-order valence-corrected chi connectivity index (χ3v) is 0. The summed E-state index contributed by atoms with van der Waals surface area (Å²) in [4.78, 5) is 0. The van der Waals surface area contributed by atoms with Gasteiger partial charge in [-0.3, -0.25) is 0 Å². The molecule has 0 saturated heterocycles. The first-order valence-corrected chi connectivity index (χ1v) is 0. The Hall–Kier alpha value is 3.45. The van der Waals surface area contributed by atoms with Crippen LogP contribution in [0.1, 0.15) is 0 Å². The van der Waals surface area contributed by atoms with Crippen LogP contribution >= 0.6 is 102 Å². The van der Waals surface area contributed by atoms with E-state index in [2.05, 4.69) is 0 Å². The van der Waals surface area contributed by atoms with Gasteiger partial charge in [-0.25, -0.2) is 0 Å². The summed E-state index contributed by atoms with van der Waals surface area (Å²) >= 11 is 0. The minimum absolute atomic E-state index is 0. The topological polar surface area (TPSA) is 73.0 Å². The number of halogens is 6. The van der Waals surface area contributed by atoms with E-state index in [1.165, 1.54) is 0 Å². The van der Waals surface area contributed by atoms with Crippen molar-refractivity contribution < 1.29 is 20.1 Å². The largest absolute Gasteiger partial charge is 0.369 e. The number of rotatable bonds is 0. The van der Waals surface area contributed by atoms with E-state index in [9.17, 15) is 0 Å². The summed E-state index contributed by atoms with van der Waals surface area (Å²) in [6.45, 7) is 0. The summed E-state index contributed by atoms with van der Waals surface area (Å²) in [6, 6.07) is 0. The molecule has 0 aromatic carbocycles. The van der Waals surface area contributed by atoms with Gasteiger partial charge in [-0.05, 0) is 0 Å². The zero-order chi connectivity index (χ0) is 0. The average molecular weight is 714 g/mol. The fraction of sp³-hybridized carbons (Fsp3) is 0. The van der Waals surface area contributed by atoms with Gasteiger partial charge in [0.2, 0.25) is 0 Å². The second-order valence-electron chi connectivity index (χ2n) is 0. The van der Waals surface area contributed by atoms with Crippen molar-refractivity contribution in [3.63, 3.8) is 0 Å². The van der Waals surface area contributed by atoms with Crippen LogP contribution in [0.15, 0.2) is 0 Å². The van der Waals surface area contributed by atoms with Gasteiger partial charge >= 0.3 is 0 Å². The van der Waals surface area contributed by atoms with E-state index in [0.717, 1.165) is 0 Å². The van der Waals surface area contributed by atoms with Crippen LogP contribution in [0.4, 0.5) is 0 Å². The third kappa shape index (κ3) is 85.9. The summed E-state index contributed by atoms with van der Waals surface area (Å²) in [6.07, 6.45) is 0. The Kier molecular flexibility index (Phi) is 1600. The van der Waals surface area contributed by atoms with Crippen LogP contribution in [0.25, 0.3) is 0 Å². The van der Waals surface area contributed by atoms with Crippen molar-refractivity contribution in [1.82, 2.24) is 12.3 Å². The molecule has 9 heteroatoms. The first kappa shape index (κ1) is 137. The molecular weight excluding hydrogens is 700 g/mol. The molecule has 0 unspecified atom stereocenters. The smallest absolute Gasteiger partial charge is 0 e. The van der Waals surface area contributed by atoms with Gasteiger partial charge in [-0.2, -0.15) is 0 Å². The molecule has 1 radical (unpaired) electrons. The van der Waals surface area contributed by atoms with E-state index in [4.69, 9.17) is 0 Å². The minimum atomic E-state index is 0. The molecule has 0 atom stereocenters. The first-order valence-electron chi connectivity index (χ1n) is 0. The van der Waals surface area contributed by atoms with Gasteiger partial charge < -0.3 is 12.3 Å². The van der Waals surface area contributed by atoms with E-state index < -0.39 is 0 Å². The van der Waals surface area contributed by atoms with Crippen molar-refractivity contribution >= 4 is 102 Å². The quantitative estimate of drug-likeness (QED) is 0.378. The van der Waals surface area contributed by atoms with Gasteiger partial charge in [0.25, 0.3) is 0 Å². The van der Waals surface area contributed by atoms with Crippen molar-refractivity contribution in [2.45, 2.75) is 0 Å². The van der Waals surface area contributed by atoms with Crippen molar-refractivity contribution in [3.05, 3.63) is 0 Å². The summed E-state index contributed by atoms with van der Waals surface area (Å²) in [7, 11) is 0.